The van der Waals surface area contributed by atoms with E-state index >= 15 is 0 Å². The third kappa shape index (κ3) is 5.10. The quantitative estimate of drug-likeness (QED) is 0.752. The van der Waals surface area contributed by atoms with Gasteiger partial charge in [0.05, 0.1) is 5.75 Å². The topological polar surface area (TPSA) is 42.0 Å². The monoisotopic (exact) mass is 342 g/mol. The lowest BCUT2D eigenvalue weighted by Crippen LogP contribution is -2.17. The molecule has 0 aliphatic heterocycles. The summed E-state index contributed by atoms with van der Waals surface area (Å²) in [6.07, 6.45) is 3.56. The molecule has 2 rings (SSSR count). The number of para-hydroxylation sites is 1. The molecule has 1 aromatic heterocycles. The summed E-state index contributed by atoms with van der Waals surface area (Å²) in [5, 5.41) is 3.16. The van der Waals surface area contributed by atoms with Crippen LogP contribution in [0.2, 0.25) is 0 Å². The molecule has 2 aromatic rings. The van der Waals surface area contributed by atoms with Crippen LogP contribution in [0.4, 0.5) is 5.69 Å². The average molecular weight is 343 g/mol. The molecule has 0 radical (unpaired) electrons. The smallest absolute Gasteiger partial charge is 0.234 e. The lowest BCUT2D eigenvalue weighted by atomic mass is 9.92. The van der Waals surface area contributed by atoms with Gasteiger partial charge in [-0.2, -0.15) is 0 Å². The number of anilines is 1. The number of hydrogen-bond acceptors (Lipinski definition) is 3. The van der Waals surface area contributed by atoms with E-state index < -0.39 is 0 Å². The number of nitrogens with one attached hydrogen (secondary N) is 1. The molecule has 0 spiro atoms. The maximum atomic E-state index is 12.4. The van der Waals surface area contributed by atoms with Gasteiger partial charge in [0.25, 0.3) is 0 Å². The van der Waals surface area contributed by atoms with Crippen LogP contribution in [0.1, 0.15) is 56.2 Å². The molecule has 1 amide bonds. The molecule has 4 heteroatoms. The number of amides is 1. The van der Waals surface area contributed by atoms with Crippen molar-refractivity contribution in [2.45, 2.75) is 45.3 Å². The number of pyridine rings is 1. The molecule has 0 atom stereocenters. The highest BCUT2D eigenvalue weighted by molar-refractivity contribution is 7.99. The number of nitrogens with zero attached hydrogens (tertiary/aromatic N) is 1. The lowest BCUT2D eigenvalue weighted by Gasteiger charge is -2.20. The van der Waals surface area contributed by atoms with Crippen LogP contribution in [0.3, 0.4) is 0 Å². The molecule has 0 fully saturated rings. The molecule has 1 aromatic carbocycles. The molecule has 128 valence electrons. The fourth-order valence-corrected chi connectivity index (χ4v) is 3.40. The van der Waals surface area contributed by atoms with Gasteiger partial charge in [-0.15, -0.1) is 11.8 Å². The summed E-state index contributed by atoms with van der Waals surface area (Å²) >= 11 is 1.62. The van der Waals surface area contributed by atoms with E-state index in [1.54, 1.807) is 24.2 Å². The number of hydrogen-bond donors (Lipinski definition) is 1. The first kappa shape index (κ1) is 18.5. The summed E-state index contributed by atoms with van der Waals surface area (Å²) in [5.74, 6) is 2.08. The van der Waals surface area contributed by atoms with E-state index in [0.717, 1.165) is 11.4 Å². The van der Waals surface area contributed by atoms with E-state index in [4.69, 9.17) is 0 Å². The normalized spacial score (nSPS) is 11.1. The highest BCUT2D eigenvalue weighted by Crippen LogP contribution is 2.32. The van der Waals surface area contributed by atoms with Crippen molar-refractivity contribution in [1.82, 2.24) is 4.98 Å². The molecular formula is C20H26N2OS. The van der Waals surface area contributed by atoms with Crippen LogP contribution >= 0.6 is 11.8 Å². The van der Waals surface area contributed by atoms with E-state index in [0.29, 0.717) is 17.6 Å². The van der Waals surface area contributed by atoms with Gasteiger partial charge in [0.2, 0.25) is 5.91 Å². The van der Waals surface area contributed by atoms with Crippen LogP contribution in [0.5, 0.6) is 0 Å². The van der Waals surface area contributed by atoms with Gasteiger partial charge in [-0.25, -0.2) is 0 Å². The Kier molecular flexibility index (Phi) is 6.85. The Bertz CT molecular complexity index is 642. The first-order valence-corrected chi connectivity index (χ1v) is 9.53. The van der Waals surface area contributed by atoms with Gasteiger partial charge >= 0.3 is 0 Å². The predicted octanol–water partition coefficient (Wildman–Crippen LogP) is 5.20. The second-order valence-corrected chi connectivity index (χ2v) is 7.50. The van der Waals surface area contributed by atoms with Crippen LogP contribution in [0.25, 0.3) is 0 Å². The Morgan fingerprint density at radius 2 is 1.62 bits per heavy atom. The first-order valence-electron chi connectivity index (χ1n) is 8.38. The van der Waals surface area contributed by atoms with Crippen LogP contribution < -0.4 is 5.32 Å². The fraction of sp³-hybridized carbons (Fsp3) is 0.400. The first-order chi connectivity index (χ1) is 11.5. The summed E-state index contributed by atoms with van der Waals surface area (Å²) in [7, 11) is 0. The van der Waals surface area contributed by atoms with E-state index in [1.807, 2.05) is 12.1 Å². The predicted molar refractivity (Wildman–Crippen MR) is 104 cm³/mol. The molecule has 0 saturated carbocycles. The SMILES string of the molecule is CC(C)c1cccc(C(C)C)c1NC(=O)CSCc1ccncc1. The van der Waals surface area contributed by atoms with Crippen molar-refractivity contribution >= 4 is 23.4 Å². The molecule has 0 bridgehead atoms. The largest absolute Gasteiger partial charge is 0.325 e. The van der Waals surface area contributed by atoms with Crippen molar-refractivity contribution in [3.05, 3.63) is 59.4 Å². The van der Waals surface area contributed by atoms with Gasteiger partial charge in [0.1, 0.15) is 0 Å². The molecule has 3 nitrogen and oxygen atoms in total. The molecule has 0 aliphatic carbocycles. The van der Waals surface area contributed by atoms with Crippen molar-refractivity contribution in [1.29, 1.82) is 0 Å². The van der Waals surface area contributed by atoms with Gasteiger partial charge in [0, 0.05) is 23.8 Å². The molecular weight excluding hydrogens is 316 g/mol. The summed E-state index contributed by atoms with van der Waals surface area (Å²) in [6.45, 7) is 8.64. The van der Waals surface area contributed by atoms with Gasteiger partial charge in [-0.05, 0) is 40.7 Å². The Morgan fingerprint density at radius 1 is 1.04 bits per heavy atom. The van der Waals surface area contributed by atoms with E-state index in [1.165, 1.54) is 16.7 Å². The molecule has 24 heavy (non-hydrogen) atoms. The third-order valence-corrected chi connectivity index (χ3v) is 4.89. The maximum Gasteiger partial charge on any atom is 0.234 e. The van der Waals surface area contributed by atoms with Crippen molar-refractivity contribution in [3.63, 3.8) is 0 Å². The summed E-state index contributed by atoms with van der Waals surface area (Å²) in [5.41, 5.74) is 4.59. The van der Waals surface area contributed by atoms with Crippen molar-refractivity contribution < 1.29 is 4.79 Å². The number of rotatable bonds is 7. The van der Waals surface area contributed by atoms with Crippen molar-refractivity contribution in [3.8, 4) is 0 Å². The van der Waals surface area contributed by atoms with Crippen molar-refractivity contribution in [2.24, 2.45) is 0 Å². The summed E-state index contributed by atoms with van der Waals surface area (Å²) in [6, 6.07) is 10.3. The zero-order valence-electron chi connectivity index (χ0n) is 14.9. The second kappa shape index (κ2) is 8.88. The fourth-order valence-electron chi connectivity index (χ4n) is 2.61. The third-order valence-electron chi connectivity index (χ3n) is 3.89. The number of thioether (sulfide) groups is 1. The Morgan fingerprint density at radius 3 is 2.17 bits per heavy atom. The summed E-state index contributed by atoms with van der Waals surface area (Å²) in [4.78, 5) is 16.4. The van der Waals surface area contributed by atoms with Crippen LogP contribution in [0, 0.1) is 0 Å². The molecule has 0 saturated heterocycles. The average Bonchev–Trinajstić information content (AvgIpc) is 2.55. The highest BCUT2D eigenvalue weighted by atomic mass is 32.2. The van der Waals surface area contributed by atoms with Gasteiger partial charge in [0.15, 0.2) is 0 Å². The van der Waals surface area contributed by atoms with Crippen LogP contribution in [0.15, 0.2) is 42.7 Å². The Labute approximate surface area is 149 Å². The maximum absolute atomic E-state index is 12.4. The molecule has 1 N–H and O–H groups in total. The standard InChI is InChI=1S/C20H26N2OS/c1-14(2)17-6-5-7-18(15(3)4)20(17)22-19(23)13-24-12-16-8-10-21-11-9-16/h5-11,14-15H,12-13H2,1-4H3,(H,22,23). The van der Waals surface area contributed by atoms with E-state index in [9.17, 15) is 4.79 Å². The molecule has 1 heterocycles. The minimum Gasteiger partial charge on any atom is -0.325 e. The minimum atomic E-state index is 0.0593. The number of benzene rings is 1. The second-order valence-electron chi connectivity index (χ2n) is 6.52. The van der Waals surface area contributed by atoms with Gasteiger partial charge < -0.3 is 5.32 Å². The Hall–Kier alpha value is -1.81. The lowest BCUT2D eigenvalue weighted by molar-refractivity contribution is -0.113. The number of aromatic nitrogens is 1. The van der Waals surface area contributed by atoms with E-state index in [2.05, 4.69) is 56.2 Å². The minimum absolute atomic E-state index is 0.0593. The molecule has 0 aliphatic rings. The zero-order chi connectivity index (χ0) is 17.5. The molecule has 0 unspecified atom stereocenters. The van der Waals surface area contributed by atoms with Crippen molar-refractivity contribution in [2.75, 3.05) is 11.1 Å². The summed E-state index contributed by atoms with van der Waals surface area (Å²) < 4.78 is 0. The zero-order valence-corrected chi connectivity index (χ0v) is 15.7. The van der Waals surface area contributed by atoms with Crippen LogP contribution in [-0.2, 0) is 10.5 Å². The van der Waals surface area contributed by atoms with Gasteiger partial charge in [-0.3, -0.25) is 9.78 Å². The number of carbonyl (C=O) groups excluding carboxylic acids is 1. The van der Waals surface area contributed by atoms with E-state index in [-0.39, 0.29) is 5.91 Å². The van der Waals surface area contributed by atoms with Crippen LogP contribution in [-0.4, -0.2) is 16.6 Å². The highest BCUT2D eigenvalue weighted by Gasteiger charge is 2.15. The number of carbonyl (C=O) groups is 1. The van der Waals surface area contributed by atoms with Gasteiger partial charge in [-0.1, -0.05) is 45.9 Å². The Balaban J connectivity index is 2.02.